The van der Waals surface area contributed by atoms with Crippen molar-refractivity contribution in [2.75, 3.05) is 18.5 Å². The Bertz CT molecular complexity index is 874. The molecule has 1 atom stereocenters. The van der Waals surface area contributed by atoms with Gasteiger partial charge >= 0.3 is 0 Å². The maximum Gasteiger partial charge on any atom is 0.261 e. The summed E-state index contributed by atoms with van der Waals surface area (Å²) in [5.74, 6) is 0.747. The Morgan fingerprint density at radius 1 is 1.21 bits per heavy atom. The third kappa shape index (κ3) is 3.91. The second-order valence-electron chi connectivity index (χ2n) is 7.65. The summed E-state index contributed by atoms with van der Waals surface area (Å²) in [5, 5.41) is 2.87. The van der Waals surface area contributed by atoms with Crippen molar-refractivity contribution < 1.29 is 14.3 Å². The molecule has 4 rings (SSSR count). The van der Waals surface area contributed by atoms with Crippen LogP contribution in [0.1, 0.15) is 49.4 Å². The fourth-order valence-electron chi connectivity index (χ4n) is 4.21. The molecule has 3 heterocycles. The number of ether oxygens (including phenoxy) is 1. The van der Waals surface area contributed by atoms with Gasteiger partial charge in [0.25, 0.3) is 5.91 Å². The van der Waals surface area contributed by atoms with Gasteiger partial charge in [0.1, 0.15) is 5.75 Å². The number of anilines is 1. The first-order valence-corrected chi connectivity index (χ1v) is 10.1. The summed E-state index contributed by atoms with van der Waals surface area (Å²) in [6.45, 7) is 0.806. The fourth-order valence-corrected chi connectivity index (χ4v) is 4.21. The van der Waals surface area contributed by atoms with E-state index in [1.807, 2.05) is 42.4 Å². The zero-order valence-electron chi connectivity index (χ0n) is 16.3. The Kier molecular flexibility index (Phi) is 5.37. The van der Waals surface area contributed by atoms with E-state index in [4.69, 9.17) is 4.74 Å². The van der Waals surface area contributed by atoms with Gasteiger partial charge in [0.2, 0.25) is 5.91 Å². The van der Waals surface area contributed by atoms with Gasteiger partial charge < -0.3 is 19.5 Å². The standard InChI is InChI=1S/C22H27N3O3/c1-24-12-5-7-19(24)20-6-3-2-4-13-25(20)22(27)15-28-17-9-10-18-16(14-17)8-11-21(26)23-18/h5,7,9-10,12,14,20H,2-4,6,8,11,13,15H2,1H3,(H,23,26). The number of nitrogens with one attached hydrogen (secondary N) is 1. The summed E-state index contributed by atoms with van der Waals surface area (Å²) in [6, 6.07) is 9.84. The molecule has 2 aliphatic heterocycles. The molecule has 0 spiro atoms. The summed E-state index contributed by atoms with van der Waals surface area (Å²) < 4.78 is 7.95. The normalized spacial score (nSPS) is 19.5. The molecule has 1 aromatic heterocycles. The predicted molar refractivity (Wildman–Crippen MR) is 107 cm³/mol. The fraction of sp³-hybridized carbons (Fsp3) is 0.455. The van der Waals surface area contributed by atoms with Gasteiger partial charge in [-0.05, 0) is 55.2 Å². The summed E-state index contributed by atoms with van der Waals surface area (Å²) in [7, 11) is 2.03. The lowest BCUT2D eigenvalue weighted by Crippen LogP contribution is -2.38. The average Bonchev–Trinajstić information content (AvgIpc) is 2.97. The van der Waals surface area contributed by atoms with E-state index in [9.17, 15) is 9.59 Å². The van der Waals surface area contributed by atoms with Gasteiger partial charge in [-0.3, -0.25) is 9.59 Å². The molecule has 2 amide bonds. The van der Waals surface area contributed by atoms with Crippen LogP contribution in [-0.2, 0) is 23.1 Å². The highest BCUT2D eigenvalue weighted by molar-refractivity contribution is 5.94. The van der Waals surface area contributed by atoms with Gasteiger partial charge in [0, 0.05) is 37.6 Å². The number of aromatic nitrogens is 1. The lowest BCUT2D eigenvalue weighted by atomic mass is 10.0. The zero-order valence-corrected chi connectivity index (χ0v) is 16.3. The van der Waals surface area contributed by atoms with E-state index in [0.29, 0.717) is 18.6 Å². The van der Waals surface area contributed by atoms with Crippen LogP contribution in [0.3, 0.4) is 0 Å². The molecule has 1 unspecified atom stereocenters. The van der Waals surface area contributed by atoms with E-state index in [-0.39, 0.29) is 24.5 Å². The molecule has 0 radical (unpaired) electrons. The molecular formula is C22H27N3O3. The van der Waals surface area contributed by atoms with Crippen LogP contribution in [0.4, 0.5) is 5.69 Å². The predicted octanol–water partition coefficient (Wildman–Crippen LogP) is 3.43. The maximum absolute atomic E-state index is 13.0. The highest BCUT2D eigenvalue weighted by atomic mass is 16.5. The van der Waals surface area contributed by atoms with Crippen molar-refractivity contribution in [3.8, 4) is 5.75 Å². The molecule has 1 fully saturated rings. The molecule has 1 aromatic carbocycles. The maximum atomic E-state index is 13.0. The number of amides is 2. The number of carbonyl (C=O) groups excluding carboxylic acids is 2. The molecule has 0 aliphatic carbocycles. The van der Waals surface area contributed by atoms with Gasteiger partial charge in [0.15, 0.2) is 6.61 Å². The van der Waals surface area contributed by atoms with Crippen LogP contribution in [0.15, 0.2) is 36.5 Å². The van der Waals surface area contributed by atoms with E-state index >= 15 is 0 Å². The van der Waals surface area contributed by atoms with Crippen LogP contribution >= 0.6 is 0 Å². The van der Waals surface area contributed by atoms with Crippen molar-refractivity contribution in [3.05, 3.63) is 47.8 Å². The molecular weight excluding hydrogens is 354 g/mol. The van der Waals surface area contributed by atoms with E-state index in [2.05, 4.69) is 16.0 Å². The SMILES string of the molecule is Cn1cccc1C1CCCCCN1C(=O)COc1ccc2c(c1)CCC(=O)N2. The van der Waals surface area contributed by atoms with Crippen LogP contribution < -0.4 is 10.1 Å². The number of aryl methyl sites for hydroxylation is 2. The minimum absolute atomic E-state index is 0.0270. The number of hydrogen-bond acceptors (Lipinski definition) is 3. The summed E-state index contributed by atoms with van der Waals surface area (Å²) in [6.07, 6.45) is 7.53. The largest absolute Gasteiger partial charge is 0.484 e. The lowest BCUT2D eigenvalue weighted by Gasteiger charge is -2.30. The number of carbonyl (C=O) groups is 2. The first-order chi connectivity index (χ1) is 13.6. The first-order valence-electron chi connectivity index (χ1n) is 10.1. The minimum atomic E-state index is 0.0270. The van der Waals surface area contributed by atoms with E-state index < -0.39 is 0 Å². The molecule has 28 heavy (non-hydrogen) atoms. The molecule has 0 bridgehead atoms. The van der Waals surface area contributed by atoms with E-state index in [1.54, 1.807) is 0 Å². The lowest BCUT2D eigenvalue weighted by molar-refractivity contribution is -0.136. The van der Waals surface area contributed by atoms with E-state index in [0.717, 1.165) is 43.5 Å². The molecule has 1 N–H and O–H groups in total. The van der Waals surface area contributed by atoms with Crippen molar-refractivity contribution in [1.82, 2.24) is 9.47 Å². The highest BCUT2D eigenvalue weighted by Gasteiger charge is 2.28. The van der Waals surface area contributed by atoms with Crippen LogP contribution in [0.5, 0.6) is 5.75 Å². The smallest absolute Gasteiger partial charge is 0.261 e. The molecule has 2 aromatic rings. The van der Waals surface area contributed by atoms with Crippen molar-refractivity contribution >= 4 is 17.5 Å². The van der Waals surface area contributed by atoms with Crippen molar-refractivity contribution in [2.45, 2.75) is 44.6 Å². The van der Waals surface area contributed by atoms with Crippen molar-refractivity contribution in [1.29, 1.82) is 0 Å². The minimum Gasteiger partial charge on any atom is -0.484 e. The number of benzene rings is 1. The molecule has 2 aliphatic rings. The van der Waals surface area contributed by atoms with Gasteiger partial charge in [-0.2, -0.15) is 0 Å². The summed E-state index contributed by atoms with van der Waals surface area (Å²) in [5.41, 5.74) is 3.08. The second kappa shape index (κ2) is 8.09. The highest BCUT2D eigenvalue weighted by Crippen LogP contribution is 2.31. The third-order valence-corrected chi connectivity index (χ3v) is 5.73. The Morgan fingerprint density at radius 3 is 2.93 bits per heavy atom. The quantitative estimate of drug-likeness (QED) is 0.882. The van der Waals surface area contributed by atoms with Gasteiger partial charge in [-0.25, -0.2) is 0 Å². The topological polar surface area (TPSA) is 63.6 Å². The monoisotopic (exact) mass is 381 g/mol. The summed E-state index contributed by atoms with van der Waals surface area (Å²) in [4.78, 5) is 26.5. The molecule has 148 valence electrons. The van der Waals surface area contributed by atoms with Crippen molar-refractivity contribution in [2.24, 2.45) is 7.05 Å². The van der Waals surface area contributed by atoms with Gasteiger partial charge in [-0.1, -0.05) is 12.8 Å². The molecule has 1 saturated heterocycles. The van der Waals surface area contributed by atoms with Crippen LogP contribution in [-0.4, -0.2) is 34.4 Å². The van der Waals surface area contributed by atoms with Crippen LogP contribution in [0.25, 0.3) is 0 Å². The number of fused-ring (bicyclic) bond motifs is 1. The van der Waals surface area contributed by atoms with Gasteiger partial charge in [0.05, 0.1) is 6.04 Å². The van der Waals surface area contributed by atoms with E-state index in [1.165, 1.54) is 5.69 Å². The molecule has 6 nitrogen and oxygen atoms in total. The second-order valence-corrected chi connectivity index (χ2v) is 7.65. The van der Waals surface area contributed by atoms with Gasteiger partial charge in [-0.15, -0.1) is 0 Å². The Hall–Kier alpha value is -2.76. The number of rotatable bonds is 4. The number of nitrogens with zero attached hydrogens (tertiary/aromatic N) is 2. The third-order valence-electron chi connectivity index (χ3n) is 5.73. The Labute approximate surface area is 165 Å². The van der Waals surface area contributed by atoms with Crippen LogP contribution in [0, 0.1) is 0 Å². The summed E-state index contributed by atoms with van der Waals surface area (Å²) >= 11 is 0. The molecule has 0 saturated carbocycles. The van der Waals surface area contributed by atoms with Crippen molar-refractivity contribution in [3.63, 3.8) is 0 Å². The Morgan fingerprint density at radius 2 is 2.11 bits per heavy atom. The number of likely N-dealkylation sites (tertiary alicyclic amines) is 1. The average molecular weight is 381 g/mol. The molecule has 6 heteroatoms. The zero-order chi connectivity index (χ0) is 19.5. The first kappa shape index (κ1) is 18.6. The van der Waals surface area contributed by atoms with Crippen LogP contribution in [0.2, 0.25) is 0 Å². The Balaban J connectivity index is 1.44. The number of hydrogen-bond donors (Lipinski definition) is 1.